The van der Waals surface area contributed by atoms with Crippen LogP contribution in [0.4, 0.5) is 4.39 Å². The fourth-order valence-electron chi connectivity index (χ4n) is 8.06. The third-order valence-electron chi connectivity index (χ3n) is 9.61. The van der Waals surface area contributed by atoms with E-state index in [1.807, 2.05) is 0 Å². The number of aromatic nitrogens is 2. The summed E-state index contributed by atoms with van der Waals surface area (Å²) >= 11 is 0. The lowest BCUT2D eigenvalue weighted by molar-refractivity contribution is 0.627. The Morgan fingerprint density at radius 3 is 1.55 bits per heavy atom. The highest BCUT2D eigenvalue weighted by molar-refractivity contribution is 7.00. The highest BCUT2D eigenvalue weighted by Gasteiger charge is 2.41. The van der Waals surface area contributed by atoms with Crippen LogP contribution in [-0.4, -0.2) is 15.8 Å². The summed E-state index contributed by atoms with van der Waals surface area (Å²) in [4.78, 5) is 0. The molecule has 0 fully saturated rings. The van der Waals surface area contributed by atoms with E-state index in [1.54, 1.807) is 0 Å². The van der Waals surface area contributed by atoms with E-state index in [9.17, 15) is 14.9 Å². The second-order valence-corrected chi connectivity index (χ2v) is 11.7. The highest BCUT2D eigenvalue weighted by Crippen LogP contribution is 2.41. The number of fused-ring (bicyclic) bond motifs is 10. The first kappa shape index (κ1) is 23.5. The van der Waals surface area contributed by atoms with Crippen molar-refractivity contribution < 1.29 is 4.39 Å². The number of halogens is 1. The Labute approximate surface area is 251 Å². The number of nitriles is 2. The van der Waals surface area contributed by atoms with Crippen molar-refractivity contribution in [1.82, 2.24) is 9.13 Å². The summed E-state index contributed by atoms with van der Waals surface area (Å²) in [6.07, 6.45) is 0. The fourth-order valence-corrected chi connectivity index (χ4v) is 8.06. The lowest BCUT2D eigenvalue weighted by atomic mass is 9.34. The minimum Gasteiger partial charge on any atom is -0.310 e. The topological polar surface area (TPSA) is 57.4 Å². The molecule has 4 heterocycles. The third-order valence-corrected chi connectivity index (χ3v) is 9.61. The van der Waals surface area contributed by atoms with Crippen molar-refractivity contribution in [1.29, 1.82) is 10.5 Å². The van der Waals surface area contributed by atoms with Crippen LogP contribution in [0.15, 0.2) is 109 Å². The number of rotatable bonds is 1. The molecule has 0 saturated heterocycles. The molecule has 44 heavy (non-hydrogen) atoms. The van der Waals surface area contributed by atoms with Gasteiger partial charge in [-0.05, 0) is 58.4 Å². The van der Waals surface area contributed by atoms with E-state index in [2.05, 4.69) is 118 Å². The van der Waals surface area contributed by atoms with E-state index in [0.29, 0.717) is 11.1 Å². The lowest BCUT2D eigenvalue weighted by Crippen LogP contribution is -2.59. The van der Waals surface area contributed by atoms with Gasteiger partial charge in [-0.1, -0.05) is 72.8 Å². The average Bonchev–Trinajstić information content (AvgIpc) is 3.59. The third kappa shape index (κ3) is 2.67. The first-order chi connectivity index (χ1) is 21.7. The maximum Gasteiger partial charge on any atom is 0.252 e. The normalized spacial score (nSPS) is 12.6. The van der Waals surface area contributed by atoms with Gasteiger partial charge in [0.1, 0.15) is 5.82 Å². The lowest BCUT2D eigenvalue weighted by Gasteiger charge is -2.34. The van der Waals surface area contributed by atoms with Gasteiger partial charge < -0.3 is 9.13 Å². The molecule has 10 rings (SSSR count). The second-order valence-electron chi connectivity index (χ2n) is 11.7. The van der Waals surface area contributed by atoms with Crippen LogP contribution < -0.4 is 16.4 Å². The van der Waals surface area contributed by atoms with Gasteiger partial charge in [0.25, 0.3) is 6.71 Å². The van der Waals surface area contributed by atoms with Gasteiger partial charge in [0.15, 0.2) is 0 Å². The second kappa shape index (κ2) is 8.04. The number of nitrogens with zero attached hydrogens (tertiary/aromatic N) is 4. The minimum atomic E-state index is -0.597. The van der Waals surface area contributed by atoms with E-state index in [-0.39, 0.29) is 17.8 Å². The van der Waals surface area contributed by atoms with Gasteiger partial charge in [-0.3, -0.25) is 0 Å². The van der Waals surface area contributed by atoms with Crippen molar-refractivity contribution in [2.24, 2.45) is 0 Å². The zero-order valence-corrected chi connectivity index (χ0v) is 23.1. The van der Waals surface area contributed by atoms with Gasteiger partial charge in [-0.15, -0.1) is 0 Å². The Kier molecular flexibility index (Phi) is 4.29. The number of benzene rings is 6. The molecule has 6 heteroatoms. The highest BCUT2D eigenvalue weighted by atomic mass is 19.1. The van der Waals surface area contributed by atoms with Gasteiger partial charge in [0.2, 0.25) is 0 Å². The van der Waals surface area contributed by atoms with Crippen LogP contribution in [0.25, 0.3) is 66.1 Å². The minimum absolute atomic E-state index is 0.0193. The van der Waals surface area contributed by atoms with Crippen molar-refractivity contribution in [3.63, 3.8) is 0 Å². The van der Waals surface area contributed by atoms with Crippen LogP contribution >= 0.6 is 0 Å². The van der Waals surface area contributed by atoms with Crippen LogP contribution in [0.2, 0.25) is 0 Å². The molecule has 4 nitrogen and oxygen atoms in total. The van der Waals surface area contributed by atoms with Crippen molar-refractivity contribution in [3.8, 4) is 34.6 Å². The Bertz CT molecular complexity index is 2540. The molecular weight excluding hydrogens is 542 g/mol. The number of para-hydroxylation sites is 4. The standard InChI is InChI=1S/C38H18BFN4/c40-24-15-22(19-41)35(23(16-24)20-42)21-17-33-36-34(18-21)44-32-14-4-2-8-26(32)28-10-6-12-30(38(28)44)39(36)29-11-5-9-27-25-7-1-3-13-31(25)43(33)37(27)29/h1-18H. The zero-order valence-electron chi connectivity index (χ0n) is 23.1. The SMILES string of the molecule is N#Cc1cc(F)cc(C#N)c1-c1cc2c3c(c1)-n1c4ccccc4c4cccc(c41)B3c1cccc3c4ccccc4n-2c13. The fraction of sp³-hybridized carbons (Fsp3) is 0. The van der Waals surface area contributed by atoms with E-state index in [1.165, 1.54) is 50.1 Å². The molecule has 0 amide bonds. The Morgan fingerprint density at radius 1 is 0.568 bits per heavy atom. The monoisotopic (exact) mass is 560 g/mol. The number of hydrogen-bond acceptors (Lipinski definition) is 2. The summed E-state index contributed by atoms with van der Waals surface area (Å²) in [6, 6.07) is 41.1. The largest absolute Gasteiger partial charge is 0.310 e. The van der Waals surface area contributed by atoms with Crippen LogP contribution in [0.5, 0.6) is 0 Å². The Hall–Kier alpha value is -6.11. The quantitative estimate of drug-likeness (QED) is 0.213. The summed E-state index contributed by atoms with van der Waals surface area (Å²) in [6.45, 7) is -0.0193. The molecule has 0 unspecified atom stereocenters. The maximum absolute atomic E-state index is 14.6. The molecule has 2 aromatic heterocycles. The van der Waals surface area contributed by atoms with Crippen molar-refractivity contribution in [2.75, 3.05) is 0 Å². The summed E-state index contributed by atoms with van der Waals surface area (Å²) < 4.78 is 19.3. The van der Waals surface area contributed by atoms with E-state index >= 15 is 0 Å². The molecule has 0 aliphatic carbocycles. The van der Waals surface area contributed by atoms with Crippen molar-refractivity contribution in [2.45, 2.75) is 0 Å². The van der Waals surface area contributed by atoms with Crippen LogP contribution in [0.1, 0.15) is 11.1 Å². The zero-order chi connectivity index (χ0) is 29.3. The predicted molar refractivity (Wildman–Crippen MR) is 175 cm³/mol. The molecule has 6 aromatic carbocycles. The van der Waals surface area contributed by atoms with E-state index in [4.69, 9.17) is 0 Å². The number of hydrogen-bond donors (Lipinski definition) is 0. The molecule has 0 N–H and O–H groups in total. The van der Waals surface area contributed by atoms with Crippen molar-refractivity contribution in [3.05, 3.63) is 126 Å². The molecule has 0 saturated carbocycles. The van der Waals surface area contributed by atoms with Gasteiger partial charge in [-0.25, -0.2) is 4.39 Å². The molecule has 0 spiro atoms. The first-order valence-electron chi connectivity index (χ1n) is 14.5. The van der Waals surface area contributed by atoms with Gasteiger partial charge in [0, 0.05) is 49.5 Å². The van der Waals surface area contributed by atoms with E-state index in [0.717, 1.165) is 33.4 Å². The summed E-state index contributed by atoms with van der Waals surface area (Å²) in [5, 5.41) is 25.0. The Morgan fingerprint density at radius 2 is 1.05 bits per heavy atom. The average molecular weight is 560 g/mol. The molecule has 0 atom stereocenters. The molecule has 0 radical (unpaired) electrons. The summed E-state index contributed by atoms with van der Waals surface area (Å²) in [5.74, 6) is -0.597. The van der Waals surface area contributed by atoms with Crippen LogP contribution in [0.3, 0.4) is 0 Å². The molecule has 2 aliphatic heterocycles. The molecule has 2 aliphatic rings. The summed E-state index contributed by atoms with van der Waals surface area (Å²) in [7, 11) is 0. The van der Waals surface area contributed by atoms with Gasteiger partial charge >= 0.3 is 0 Å². The van der Waals surface area contributed by atoms with E-state index < -0.39 is 5.82 Å². The smallest absolute Gasteiger partial charge is 0.252 e. The van der Waals surface area contributed by atoms with Crippen LogP contribution in [-0.2, 0) is 0 Å². The molecule has 200 valence electrons. The summed E-state index contributed by atoms with van der Waals surface area (Å²) in [5.41, 5.74) is 11.6. The van der Waals surface area contributed by atoms with Crippen LogP contribution in [0, 0.1) is 28.5 Å². The van der Waals surface area contributed by atoms with Gasteiger partial charge in [0.05, 0.1) is 34.3 Å². The predicted octanol–water partition coefficient (Wildman–Crippen LogP) is 6.57. The molecular formula is C38H18BFN4. The molecule has 8 aromatic rings. The Balaban J connectivity index is 1.48. The van der Waals surface area contributed by atoms with Crippen molar-refractivity contribution >= 4 is 66.7 Å². The first-order valence-corrected chi connectivity index (χ1v) is 14.5. The maximum atomic E-state index is 14.6. The van der Waals surface area contributed by atoms with Gasteiger partial charge in [-0.2, -0.15) is 10.5 Å². The molecule has 0 bridgehead atoms.